The minimum Gasteiger partial charge on any atom is -0.508 e. The van der Waals surface area contributed by atoms with Gasteiger partial charge in [0.2, 0.25) is 0 Å². The fraction of sp³-hybridized carbons (Fsp3) is 0. The molecule has 0 saturated carbocycles. The Hall–Kier alpha value is -2.62. The van der Waals surface area contributed by atoms with Crippen molar-refractivity contribution in [3.8, 4) is 5.75 Å². The Kier molecular flexibility index (Phi) is 2.53. The SMILES string of the molecule is Oc1cccc(Nc2ccc3nccnc3c2)c1. The Labute approximate surface area is 104 Å². The van der Waals surface area contributed by atoms with E-state index in [1.54, 1.807) is 30.6 Å². The topological polar surface area (TPSA) is 58.0 Å². The fourth-order valence-electron chi connectivity index (χ4n) is 1.79. The van der Waals surface area contributed by atoms with Crippen LogP contribution in [0.5, 0.6) is 5.75 Å². The lowest BCUT2D eigenvalue weighted by Gasteiger charge is -2.07. The molecular weight excluding hydrogens is 226 g/mol. The van der Waals surface area contributed by atoms with Crippen LogP contribution in [0.15, 0.2) is 54.9 Å². The molecule has 0 aliphatic carbocycles. The molecule has 0 radical (unpaired) electrons. The molecule has 3 rings (SSSR count). The van der Waals surface area contributed by atoms with Gasteiger partial charge in [-0.05, 0) is 30.3 Å². The van der Waals surface area contributed by atoms with Crippen molar-refractivity contribution in [3.63, 3.8) is 0 Å². The van der Waals surface area contributed by atoms with E-state index in [2.05, 4.69) is 15.3 Å². The van der Waals surface area contributed by atoms with Crippen LogP contribution in [0.3, 0.4) is 0 Å². The molecule has 0 bridgehead atoms. The van der Waals surface area contributed by atoms with Gasteiger partial charge in [0.15, 0.2) is 0 Å². The number of hydrogen-bond acceptors (Lipinski definition) is 4. The highest BCUT2D eigenvalue weighted by Crippen LogP contribution is 2.22. The summed E-state index contributed by atoms with van der Waals surface area (Å²) in [4.78, 5) is 8.46. The van der Waals surface area contributed by atoms with E-state index < -0.39 is 0 Å². The van der Waals surface area contributed by atoms with Gasteiger partial charge < -0.3 is 10.4 Å². The van der Waals surface area contributed by atoms with Gasteiger partial charge in [-0.3, -0.25) is 9.97 Å². The molecule has 0 saturated heterocycles. The van der Waals surface area contributed by atoms with E-state index in [1.165, 1.54) is 0 Å². The second-order valence-electron chi connectivity index (χ2n) is 3.94. The Bertz CT molecular complexity index is 697. The van der Waals surface area contributed by atoms with Crippen LogP contribution in [0.1, 0.15) is 0 Å². The number of nitrogens with one attached hydrogen (secondary N) is 1. The van der Waals surface area contributed by atoms with Gasteiger partial charge in [0.05, 0.1) is 11.0 Å². The molecule has 3 aromatic rings. The summed E-state index contributed by atoms with van der Waals surface area (Å²) in [5.74, 6) is 0.237. The van der Waals surface area contributed by atoms with E-state index in [9.17, 15) is 5.11 Å². The van der Waals surface area contributed by atoms with Crippen LogP contribution < -0.4 is 5.32 Å². The maximum Gasteiger partial charge on any atom is 0.117 e. The van der Waals surface area contributed by atoms with Crippen molar-refractivity contribution in [2.75, 3.05) is 5.32 Å². The molecule has 0 amide bonds. The molecule has 88 valence electrons. The highest BCUT2D eigenvalue weighted by atomic mass is 16.3. The standard InChI is InChI=1S/C14H11N3O/c18-12-3-1-2-10(8-12)17-11-4-5-13-14(9-11)16-7-6-15-13/h1-9,17-18H. The minimum absolute atomic E-state index is 0.237. The summed E-state index contributed by atoms with van der Waals surface area (Å²) in [6.07, 6.45) is 3.34. The number of aromatic nitrogens is 2. The van der Waals surface area contributed by atoms with Gasteiger partial charge in [0, 0.05) is 29.8 Å². The fourth-order valence-corrected chi connectivity index (χ4v) is 1.79. The smallest absolute Gasteiger partial charge is 0.117 e. The highest BCUT2D eigenvalue weighted by molar-refractivity contribution is 5.79. The first-order valence-corrected chi connectivity index (χ1v) is 5.58. The second kappa shape index (κ2) is 4.33. The zero-order valence-corrected chi connectivity index (χ0v) is 9.54. The van der Waals surface area contributed by atoms with Crippen LogP contribution in [0.25, 0.3) is 11.0 Å². The van der Waals surface area contributed by atoms with Gasteiger partial charge in [0.1, 0.15) is 5.75 Å². The molecule has 4 nitrogen and oxygen atoms in total. The lowest BCUT2D eigenvalue weighted by Crippen LogP contribution is -1.91. The van der Waals surface area contributed by atoms with Gasteiger partial charge in [-0.25, -0.2) is 0 Å². The predicted molar refractivity (Wildman–Crippen MR) is 70.9 cm³/mol. The Morgan fingerprint density at radius 3 is 2.44 bits per heavy atom. The molecule has 0 aliphatic rings. The maximum absolute atomic E-state index is 9.40. The lowest BCUT2D eigenvalue weighted by atomic mass is 10.2. The average molecular weight is 237 g/mol. The number of phenolic OH excluding ortho intramolecular Hbond substituents is 1. The van der Waals surface area contributed by atoms with Crippen LogP contribution in [0, 0.1) is 0 Å². The first kappa shape index (κ1) is 10.5. The number of benzene rings is 2. The number of fused-ring (bicyclic) bond motifs is 1. The van der Waals surface area contributed by atoms with Crippen molar-refractivity contribution in [2.24, 2.45) is 0 Å². The normalized spacial score (nSPS) is 10.4. The quantitative estimate of drug-likeness (QED) is 0.719. The predicted octanol–water partition coefficient (Wildman–Crippen LogP) is 3.08. The largest absolute Gasteiger partial charge is 0.508 e. The third kappa shape index (κ3) is 2.08. The summed E-state index contributed by atoms with van der Waals surface area (Å²) < 4.78 is 0. The molecule has 4 heteroatoms. The number of phenols is 1. The summed E-state index contributed by atoms with van der Waals surface area (Å²) in [6.45, 7) is 0. The van der Waals surface area contributed by atoms with Gasteiger partial charge in [-0.1, -0.05) is 6.07 Å². The zero-order valence-electron chi connectivity index (χ0n) is 9.54. The van der Waals surface area contributed by atoms with Gasteiger partial charge in [-0.2, -0.15) is 0 Å². The van der Waals surface area contributed by atoms with Crippen molar-refractivity contribution >= 4 is 22.4 Å². The second-order valence-corrected chi connectivity index (χ2v) is 3.94. The third-order valence-electron chi connectivity index (χ3n) is 2.60. The van der Waals surface area contributed by atoms with Crippen LogP contribution in [-0.2, 0) is 0 Å². The summed E-state index contributed by atoms with van der Waals surface area (Å²) in [5.41, 5.74) is 3.44. The number of rotatable bonds is 2. The monoisotopic (exact) mass is 237 g/mol. The highest BCUT2D eigenvalue weighted by Gasteiger charge is 1.99. The van der Waals surface area contributed by atoms with E-state index in [0.29, 0.717) is 0 Å². The summed E-state index contributed by atoms with van der Waals surface area (Å²) in [6, 6.07) is 12.7. The first-order valence-electron chi connectivity index (χ1n) is 5.58. The number of nitrogens with zero attached hydrogens (tertiary/aromatic N) is 2. The van der Waals surface area contributed by atoms with Crippen LogP contribution in [0.2, 0.25) is 0 Å². The van der Waals surface area contributed by atoms with E-state index in [1.807, 2.05) is 24.3 Å². The van der Waals surface area contributed by atoms with Crippen molar-refractivity contribution in [1.29, 1.82) is 0 Å². The molecule has 0 fully saturated rings. The molecule has 1 aromatic heterocycles. The molecule has 18 heavy (non-hydrogen) atoms. The van der Waals surface area contributed by atoms with Crippen molar-refractivity contribution in [1.82, 2.24) is 9.97 Å². The molecule has 1 heterocycles. The van der Waals surface area contributed by atoms with Crippen molar-refractivity contribution < 1.29 is 5.11 Å². The number of hydrogen-bond donors (Lipinski definition) is 2. The van der Waals surface area contributed by atoms with Gasteiger partial charge in [0.25, 0.3) is 0 Å². The summed E-state index contributed by atoms with van der Waals surface area (Å²) in [5, 5.41) is 12.6. The summed E-state index contributed by atoms with van der Waals surface area (Å²) in [7, 11) is 0. The number of aromatic hydroxyl groups is 1. The van der Waals surface area contributed by atoms with Crippen LogP contribution in [-0.4, -0.2) is 15.1 Å². The summed E-state index contributed by atoms with van der Waals surface area (Å²) >= 11 is 0. The lowest BCUT2D eigenvalue weighted by molar-refractivity contribution is 0.475. The zero-order chi connectivity index (χ0) is 12.4. The molecular formula is C14H11N3O. The Balaban J connectivity index is 1.95. The Morgan fingerprint density at radius 2 is 1.61 bits per heavy atom. The third-order valence-corrected chi connectivity index (χ3v) is 2.60. The molecule has 0 unspecified atom stereocenters. The maximum atomic E-state index is 9.40. The molecule has 2 aromatic carbocycles. The van der Waals surface area contributed by atoms with E-state index in [-0.39, 0.29) is 5.75 Å². The Morgan fingerprint density at radius 1 is 0.833 bits per heavy atom. The van der Waals surface area contributed by atoms with E-state index in [4.69, 9.17) is 0 Å². The molecule has 0 atom stereocenters. The van der Waals surface area contributed by atoms with Crippen LogP contribution >= 0.6 is 0 Å². The molecule has 0 spiro atoms. The van der Waals surface area contributed by atoms with Gasteiger partial charge >= 0.3 is 0 Å². The number of anilines is 2. The van der Waals surface area contributed by atoms with Gasteiger partial charge in [-0.15, -0.1) is 0 Å². The first-order chi connectivity index (χ1) is 8.81. The van der Waals surface area contributed by atoms with E-state index in [0.717, 1.165) is 22.4 Å². The molecule has 0 aliphatic heterocycles. The molecule has 2 N–H and O–H groups in total. The van der Waals surface area contributed by atoms with Crippen LogP contribution in [0.4, 0.5) is 11.4 Å². The minimum atomic E-state index is 0.237. The van der Waals surface area contributed by atoms with Crippen molar-refractivity contribution in [2.45, 2.75) is 0 Å². The average Bonchev–Trinajstić information content (AvgIpc) is 2.39. The van der Waals surface area contributed by atoms with Crippen molar-refractivity contribution in [3.05, 3.63) is 54.9 Å². The van der Waals surface area contributed by atoms with E-state index >= 15 is 0 Å².